The minimum Gasteiger partial charge on any atom is -0.368 e. The molecule has 0 spiro atoms. The molecule has 0 unspecified atom stereocenters. The normalized spacial score (nSPS) is 23.7. The van der Waals surface area contributed by atoms with Crippen LogP contribution in [0.3, 0.4) is 0 Å². The zero-order chi connectivity index (χ0) is 14.7. The van der Waals surface area contributed by atoms with Crippen molar-refractivity contribution in [1.82, 2.24) is 14.8 Å². The van der Waals surface area contributed by atoms with Gasteiger partial charge in [0.25, 0.3) is 5.91 Å². The second kappa shape index (κ2) is 6.85. The molecule has 1 aromatic heterocycles. The average Bonchev–Trinajstić information content (AvgIpc) is 3.19. The number of nitrogens with zero attached hydrogens (tertiary/aromatic N) is 3. The lowest BCUT2D eigenvalue weighted by molar-refractivity contribution is -0.142. The lowest BCUT2D eigenvalue weighted by Crippen LogP contribution is -2.51. The molecule has 116 valence electrons. The maximum absolute atomic E-state index is 12.3. The largest absolute Gasteiger partial charge is 0.368 e. The summed E-state index contributed by atoms with van der Waals surface area (Å²) in [6.07, 6.45) is 2.73. The quantitative estimate of drug-likeness (QED) is 0.846. The van der Waals surface area contributed by atoms with Gasteiger partial charge in [0.15, 0.2) is 0 Å². The van der Waals surface area contributed by atoms with E-state index in [1.54, 1.807) is 11.3 Å². The van der Waals surface area contributed by atoms with E-state index in [2.05, 4.69) is 22.2 Å². The molecule has 0 bridgehead atoms. The van der Waals surface area contributed by atoms with Gasteiger partial charge in [-0.15, -0.1) is 11.3 Å². The number of aromatic nitrogens is 1. The van der Waals surface area contributed by atoms with Crippen molar-refractivity contribution >= 4 is 17.2 Å². The highest BCUT2D eigenvalue weighted by Gasteiger charge is 2.30. The predicted molar refractivity (Wildman–Crippen MR) is 82.3 cm³/mol. The van der Waals surface area contributed by atoms with Crippen molar-refractivity contribution in [1.29, 1.82) is 0 Å². The molecule has 3 heterocycles. The topological polar surface area (TPSA) is 45.7 Å². The molecular weight excluding hydrogens is 286 g/mol. The minimum atomic E-state index is -0.179. The predicted octanol–water partition coefficient (Wildman–Crippen LogP) is 1.53. The Hall–Kier alpha value is -0.980. The fourth-order valence-electron chi connectivity index (χ4n) is 2.92. The number of aryl methyl sites for hydroxylation is 1. The standard InChI is InChI=1S/C15H23N3O2S/c1-2-14-16-12(11-21-14)10-17-5-7-18(8-6-17)15(19)13-4-3-9-20-13/h11,13H,2-10H2,1H3/t13-/m1/s1. The molecule has 0 saturated carbocycles. The molecule has 0 N–H and O–H groups in total. The Morgan fingerprint density at radius 2 is 2.24 bits per heavy atom. The van der Waals surface area contributed by atoms with Crippen LogP contribution in [0.4, 0.5) is 0 Å². The van der Waals surface area contributed by atoms with Crippen LogP contribution in [0.1, 0.15) is 30.5 Å². The molecule has 0 aromatic carbocycles. The van der Waals surface area contributed by atoms with Crippen LogP contribution in [-0.2, 0) is 22.5 Å². The van der Waals surface area contributed by atoms with Gasteiger partial charge < -0.3 is 9.64 Å². The van der Waals surface area contributed by atoms with E-state index in [0.717, 1.165) is 64.3 Å². The van der Waals surface area contributed by atoms with Crippen LogP contribution >= 0.6 is 11.3 Å². The molecule has 2 aliphatic heterocycles. The van der Waals surface area contributed by atoms with E-state index < -0.39 is 0 Å². The van der Waals surface area contributed by atoms with Gasteiger partial charge in [-0.1, -0.05) is 6.92 Å². The summed E-state index contributed by atoms with van der Waals surface area (Å²) < 4.78 is 5.49. The molecule has 2 fully saturated rings. The van der Waals surface area contributed by atoms with E-state index in [4.69, 9.17) is 4.74 Å². The third-order valence-corrected chi connectivity index (χ3v) is 5.22. The average molecular weight is 309 g/mol. The molecular formula is C15H23N3O2S. The van der Waals surface area contributed by atoms with Crippen molar-refractivity contribution in [2.75, 3.05) is 32.8 Å². The zero-order valence-corrected chi connectivity index (χ0v) is 13.4. The van der Waals surface area contributed by atoms with Crippen molar-refractivity contribution < 1.29 is 9.53 Å². The number of hydrogen-bond acceptors (Lipinski definition) is 5. The highest BCUT2D eigenvalue weighted by atomic mass is 32.1. The lowest BCUT2D eigenvalue weighted by Gasteiger charge is -2.35. The Bertz CT molecular complexity index is 477. The van der Waals surface area contributed by atoms with Crippen LogP contribution in [0, 0.1) is 0 Å². The van der Waals surface area contributed by atoms with Crippen LogP contribution in [0.25, 0.3) is 0 Å². The molecule has 1 amide bonds. The maximum atomic E-state index is 12.3. The van der Waals surface area contributed by atoms with E-state index in [9.17, 15) is 4.79 Å². The number of carbonyl (C=O) groups is 1. The van der Waals surface area contributed by atoms with E-state index in [0.29, 0.717) is 0 Å². The summed E-state index contributed by atoms with van der Waals surface area (Å²) in [6, 6.07) is 0. The monoisotopic (exact) mass is 309 g/mol. The fraction of sp³-hybridized carbons (Fsp3) is 0.733. The van der Waals surface area contributed by atoms with E-state index in [1.807, 2.05) is 4.90 Å². The molecule has 1 aromatic rings. The van der Waals surface area contributed by atoms with Gasteiger partial charge in [0.05, 0.1) is 10.7 Å². The molecule has 1 atom stereocenters. The van der Waals surface area contributed by atoms with Crippen molar-refractivity contribution in [2.24, 2.45) is 0 Å². The number of carbonyl (C=O) groups excluding carboxylic acids is 1. The number of amides is 1. The van der Waals surface area contributed by atoms with Crippen molar-refractivity contribution in [3.63, 3.8) is 0 Å². The summed E-state index contributed by atoms with van der Waals surface area (Å²) in [5.74, 6) is 0.189. The van der Waals surface area contributed by atoms with Gasteiger partial charge in [0, 0.05) is 44.7 Å². The summed E-state index contributed by atoms with van der Waals surface area (Å²) in [5.41, 5.74) is 1.16. The van der Waals surface area contributed by atoms with Gasteiger partial charge in [0.1, 0.15) is 6.10 Å². The first-order valence-electron chi connectivity index (χ1n) is 7.82. The smallest absolute Gasteiger partial charge is 0.251 e. The van der Waals surface area contributed by atoms with Gasteiger partial charge in [-0.2, -0.15) is 0 Å². The van der Waals surface area contributed by atoms with E-state index in [1.165, 1.54) is 5.01 Å². The molecule has 21 heavy (non-hydrogen) atoms. The third-order valence-electron chi connectivity index (χ3n) is 4.18. The Balaban J connectivity index is 1.47. The third kappa shape index (κ3) is 3.62. The second-order valence-corrected chi connectivity index (χ2v) is 6.63. The van der Waals surface area contributed by atoms with Crippen LogP contribution in [0.2, 0.25) is 0 Å². The molecule has 0 aliphatic carbocycles. The first-order chi connectivity index (χ1) is 10.3. The molecule has 6 heteroatoms. The zero-order valence-electron chi connectivity index (χ0n) is 12.6. The summed E-state index contributed by atoms with van der Waals surface area (Å²) in [4.78, 5) is 21.2. The Labute approximate surface area is 129 Å². The van der Waals surface area contributed by atoms with Crippen molar-refractivity contribution in [3.05, 3.63) is 16.1 Å². The van der Waals surface area contributed by atoms with E-state index >= 15 is 0 Å². The maximum Gasteiger partial charge on any atom is 0.251 e. The van der Waals surface area contributed by atoms with Gasteiger partial charge in [0.2, 0.25) is 0 Å². The number of thiazole rings is 1. The van der Waals surface area contributed by atoms with Crippen LogP contribution in [0.5, 0.6) is 0 Å². The first kappa shape index (κ1) is 14.9. The highest BCUT2D eigenvalue weighted by molar-refractivity contribution is 7.09. The Morgan fingerprint density at radius 3 is 2.86 bits per heavy atom. The molecule has 2 saturated heterocycles. The van der Waals surface area contributed by atoms with Crippen molar-refractivity contribution in [3.8, 4) is 0 Å². The number of ether oxygens (including phenoxy) is 1. The van der Waals surface area contributed by atoms with Gasteiger partial charge >= 0.3 is 0 Å². The SMILES string of the molecule is CCc1nc(CN2CCN(C(=O)[C@H]3CCCO3)CC2)cs1. The molecule has 5 nitrogen and oxygen atoms in total. The number of piperazine rings is 1. The van der Waals surface area contributed by atoms with Crippen LogP contribution in [-0.4, -0.2) is 59.6 Å². The fourth-order valence-corrected chi connectivity index (χ4v) is 3.65. The molecule has 0 radical (unpaired) electrons. The first-order valence-corrected chi connectivity index (χ1v) is 8.70. The molecule has 2 aliphatic rings. The summed E-state index contributed by atoms with van der Waals surface area (Å²) in [6.45, 7) is 7.25. The van der Waals surface area contributed by atoms with Crippen LogP contribution in [0.15, 0.2) is 5.38 Å². The van der Waals surface area contributed by atoms with Crippen LogP contribution < -0.4 is 0 Å². The van der Waals surface area contributed by atoms with Crippen molar-refractivity contribution in [2.45, 2.75) is 38.8 Å². The number of rotatable bonds is 4. The molecule has 3 rings (SSSR count). The highest BCUT2D eigenvalue weighted by Crippen LogP contribution is 2.17. The minimum absolute atomic E-state index is 0.179. The Kier molecular flexibility index (Phi) is 4.87. The number of hydrogen-bond donors (Lipinski definition) is 0. The lowest BCUT2D eigenvalue weighted by atomic mass is 10.2. The Morgan fingerprint density at radius 1 is 1.43 bits per heavy atom. The summed E-state index contributed by atoms with van der Waals surface area (Å²) in [7, 11) is 0. The van der Waals surface area contributed by atoms with Gasteiger partial charge in [-0.05, 0) is 19.3 Å². The van der Waals surface area contributed by atoms with Gasteiger partial charge in [-0.25, -0.2) is 4.98 Å². The van der Waals surface area contributed by atoms with E-state index in [-0.39, 0.29) is 12.0 Å². The second-order valence-electron chi connectivity index (χ2n) is 5.69. The summed E-state index contributed by atoms with van der Waals surface area (Å²) in [5, 5.41) is 3.36. The summed E-state index contributed by atoms with van der Waals surface area (Å²) >= 11 is 1.74. The van der Waals surface area contributed by atoms with Gasteiger partial charge in [-0.3, -0.25) is 9.69 Å².